The summed E-state index contributed by atoms with van der Waals surface area (Å²) in [5.74, 6) is 0.0250. The molecule has 0 aromatic rings. The highest BCUT2D eigenvalue weighted by Gasteiger charge is 2.18. The second-order valence-corrected chi connectivity index (χ2v) is 6.37. The topological polar surface area (TPSA) is 61.4 Å². The lowest BCUT2D eigenvalue weighted by atomic mass is 9.88. The van der Waals surface area contributed by atoms with E-state index in [0.717, 1.165) is 12.8 Å². The minimum Gasteiger partial charge on any atom is -0.396 e. The predicted molar refractivity (Wildman–Crippen MR) is 70.9 cm³/mol. The van der Waals surface area contributed by atoms with Crippen molar-refractivity contribution in [1.29, 1.82) is 0 Å². The molecule has 0 heterocycles. The molecule has 0 aliphatic heterocycles. The van der Waals surface area contributed by atoms with Crippen LogP contribution >= 0.6 is 0 Å². The zero-order valence-corrected chi connectivity index (χ0v) is 11.9. The van der Waals surface area contributed by atoms with E-state index in [1.165, 1.54) is 0 Å². The molecule has 0 rings (SSSR count). The second-order valence-electron chi connectivity index (χ2n) is 6.37. The van der Waals surface area contributed by atoms with Crippen LogP contribution in [0.15, 0.2) is 0 Å². The van der Waals surface area contributed by atoms with Gasteiger partial charge < -0.3 is 15.7 Å². The van der Waals surface area contributed by atoms with Gasteiger partial charge in [-0.15, -0.1) is 0 Å². The molecule has 102 valence electrons. The minimum atomic E-state index is -0.0380. The van der Waals surface area contributed by atoms with Gasteiger partial charge in [0.15, 0.2) is 0 Å². The van der Waals surface area contributed by atoms with Gasteiger partial charge in [-0.25, -0.2) is 0 Å². The van der Waals surface area contributed by atoms with Crippen LogP contribution in [0.5, 0.6) is 0 Å². The average molecular weight is 244 g/mol. The molecule has 0 fully saturated rings. The molecule has 0 aromatic carbocycles. The highest BCUT2D eigenvalue weighted by Crippen LogP contribution is 2.20. The van der Waals surface area contributed by atoms with E-state index in [1.807, 2.05) is 20.8 Å². The maximum Gasteiger partial charge on any atom is 0.233 e. The van der Waals surface area contributed by atoms with Gasteiger partial charge in [0.05, 0.1) is 6.54 Å². The zero-order valence-electron chi connectivity index (χ0n) is 11.9. The molecular formula is C13H28N2O2. The molecule has 3 N–H and O–H groups in total. The van der Waals surface area contributed by atoms with E-state index in [4.69, 9.17) is 5.11 Å². The Kier molecular flexibility index (Phi) is 6.72. The fourth-order valence-corrected chi connectivity index (χ4v) is 1.39. The monoisotopic (exact) mass is 244 g/mol. The van der Waals surface area contributed by atoms with Crippen molar-refractivity contribution >= 4 is 5.91 Å². The molecule has 4 nitrogen and oxygen atoms in total. The van der Waals surface area contributed by atoms with Gasteiger partial charge >= 0.3 is 0 Å². The largest absolute Gasteiger partial charge is 0.396 e. The maximum atomic E-state index is 11.6. The Morgan fingerprint density at radius 3 is 2.24 bits per heavy atom. The van der Waals surface area contributed by atoms with Crippen molar-refractivity contribution in [3.8, 4) is 0 Å². The lowest BCUT2D eigenvalue weighted by Gasteiger charge is -2.25. The van der Waals surface area contributed by atoms with Crippen LogP contribution in [0.25, 0.3) is 0 Å². The van der Waals surface area contributed by atoms with Crippen LogP contribution in [0, 0.1) is 5.41 Å². The third-order valence-corrected chi connectivity index (χ3v) is 2.56. The molecule has 0 aliphatic rings. The maximum absolute atomic E-state index is 11.6. The second kappa shape index (κ2) is 6.97. The lowest BCUT2D eigenvalue weighted by molar-refractivity contribution is -0.121. The predicted octanol–water partition coefficient (Wildman–Crippen LogP) is 1.29. The van der Waals surface area contributed by atoms with E-state index in [2.05, 4.69) is 24.5 Å². The van der Waals surface area contributed by atoms with Gasteiger partial charge in [0, 0.05) is 18.7 Å². The van der Waals surface area contributed by atoms with Crippen LogP contribution in [0.1, 0.15) is 47.5 Å². The summed E-state index contributed by atoms with van der Waals surface area (Å²) < 4.78 is 0. The molecule has 0 radical (unpaired) electrons. The number of nitrogens with one attached hydrogen (secondary N) is 2. The Morgan fingerprint density at radius 1 is 1.18 bits per heavy atom. The number of aliphatic hydroxyl groups is 1. The highest BCUT2D eigenvalue weighted by molar-refractivity contribution is 5.78. The van der Waals surface area contributed by atoms with Gasteiger partial charge in [-0.05, 0) is 39.0 Å². The zero-order chi connectivity index (χ0) is 13.5. The molecule has 0 bridgehead atoms. The van der Waals surface area contributed by atoms with Crippen LogP contribution in [-0.2, 0) is 4.79 Å². The number of carbonyl (C=O) groups excluding carboxylic acids is 1. The summed E-state index contributed by atoms with van der Waals surface area (Å²) in [7, 11) is 0. The van der Waals surface area contributed by atoms with E-state index < -0.39 is 0 Å². The normalized spacial score (nSPS) is 12.6. The Morgan fingerprint density at radius 2 is 1.76 bits per heavy atom. The SMILES string of the molecule is CC(C)(CCCO)CNC(=O)CNC(C)(C)C. The Labute approximate surface area is 105 Å². The van der Waals surface area contributed by atoms with Crippen molar-refractivity contribution in [1.82, 2.24) is 10.6 Å². The Hall–Kier alpha value is -0.610. The summed E-state index contributed by atoms with van der Waals surface area (Å²) in [6.07, 6.45) is 1.69. The van der Waals surface area contributed by atoms with Crippen molar-refractivity contribution < 1.29 is 9.90 Å². The van der Waals surface area contributed by atoms with E-state index in [9.17, 15) is 4.79 Å². The third-order valence-electron chi connectivity index (χ3n) is 2.56. The van der Waals surface area contributed by atoms with Crippen LogP contribution < -0.4 is 10.6 Å². The van der Waals surface area contributed by atoms with Crippen LogP contribution in [-0.4, -0.2) is 36.2 Å². The molecule has 0 atom stereocenters. The first kappa shape index (κ1) is 16.4. The van der Waals surface area contributed by atoms with Crippen LogP contribution in [0.3, 0.4) is 0 Å². The summed E-state index contributed by atoms with van der Waals surface area (Å²) in [5.41, 5.74) is 0.00384. The molecule has 1 amide bonds. The van der Waals surface area contributed by atoms with Crippen LogP contribution in [0.4, 0.5) is 0 Å². The van der Waals surface area contributed by atoms with Gasteiger partial charge in [-0.3, -0.25) is 4.79 Å². The summed E-state index contributed by atoms with van der Waals surface area (Å²) in [6, 6.07) is 0. The van der Waals surface area contributed by atoms with E-state index >= 15 is 0 Å². The van der Waals surface area contributed by atoms with E-state index in [1.54, 1.807) is 0 Å². The van der Waals surface area contributed by atoms with Gasteiger partial charge in [-0.2, -0.15) is 0 Å². The number of amides is 1. The van der Waals surface area contributed by atoms with Crippen LogP contribution in [0.2, 0.25) is 0 Å². The van der Waals surface area contributed by atoms with Crippen molar-refractivity contribution in [2.75, 3.05) is 19.7 Å². The van der Waals surface area contributed by atoms with Gasteiger partial charge in [-0.1, -0.05) is 13.8 Å². The quantitative estimate of drug-likeness (QED) is 0.632. The molecule has 4 heteroatoms. The first-order valence-corrected chi connectivity index (χ1v) is 6.29. The molecular weight excluding hydrogens is 216 g/mol. The van der Waals surface area contributed by atoms with Gasteiger partial charge in [0.25, 0.3) is 0 Å². The van der Waals surface area contributed by atoms with Gasteiger partial charge in [0.1, 0.15) is 0 Å². The third kappa shape index (κ3) is 10.3. The average Bonchev–Trinajstić information content (AvgIpc) is 2.20. The Bertz CT molecular complexity index is 232. The first-order valence-electron chi connectivity index (χ1n) is 6.29. The van der Waals surface area contributed by atoms with Crippen molar-refractivity contribution in [2.45, 2.75) is 53.0 Å². The van der Waals surface area contributed by atoms with Crippen molar-refractivity contribution in [3.05, 3.63) is 0 Å². The Balaban J connectivity index is 3.83. The van der Waals surface area contributed by atoms with E-state index in [-0.39, 0.29) is 23.5 Å². The fraction of sp³-hybridized carbons (Fsp3) is 0.923. The summed E-state index contributed by atoms with van der Waals surface area (Å²) in [5, 5.41) is 14.9. The number of rotatable bonds is 7. The molecule has 0 unspecified atom stereocenters. The fourth-order valence-electron chi connectivity index (χ4n) is 1.39. The van der Waals surface area contributed by atoms with Gasteiger partial charge in [0.2, 0.25) is 5.91 Å². The molecule has 0 saturated heterocycles. The summed E-state index contributed by atoms with van der Waals surface area (Å²) in [4.78, 5) is 11.6. The van der Waals surface area contributed by atoms with Crippen molar-refractivity contribution in [2.24, 2.45) is 5.41 Å². The number of aliphatic hydroxyl groups excluding tert-OH is 1. The summed E-state index contributed by atoms with van der Waals surface area (Å²) >= 11 is 0. The summed E-state index contributed by atoms with van der Waals surface area (Å²) in [6.45, 7) is 11.5. The molecule has 0 aliphatic carbocycles. The number of carbonyl (C=O) groups is 1. The highest BCUT2D eigenvalue weighted by atomic mass is 16.2. The first-order chi connectivity index (χ1) is 7.66. The van der Waals surface area contributed by atoms with E-state index in [0.29, 0.717) is 13.1 Å². The molecule has 17 heavy (non-hydrogen) atoms. The molecule has 0 saturated carbocycles. The lowest BCUT2D eigenvalue weighted by Crippen LogP contribution is -2.45. The number of hydrogen-bond acceptors (Lipinski definition) is 3. The minimum absolute atomic E-state index is 0.0250. The number of hydrogen-bond donors (Lipinski definition) is 3. The van der Waals surface area contributed by atoms with Crippen molar-refractivity contribution in [3.63, 3.8) is 0 Å². The molecule has 0 spiro atoms. The standard InChI is InChI=1S/C13H28N2O2/c1-12(2,3)15-9-11(17)14-10-13(4,5)7-6-8-16/h15-16H,6-10H2,1-5H3,(H,14,17). The smallest absolute Gasteiger partial charge is 0.233 e. The molecule has 0 aromatic heterocycles.